The van der Waals surface area contributed by atoms with E-state index < -0.39 is 0 Å². The molecule has 1 aromatic heterocycles. The third-order valence-electron chi connectivity index (χ3n) is 2.93. The van der Waals surface area contributed by atoms with Gasteiger partial charge in [-0.25, -0.2) is 0 Å². The highest BCUT2D eigenvalue weighted by Gasteiger charge is 2.17. The van der Waals surface area contributed by atoms with Crippen LogP contribution in [0, 0.1) is 6.92 Å². The van der Waals surface area contributed by atoms with Crippen molar-refractivity contribution in [2.24, 2.45) is 0 Å². The van der Waals surface area contributed by atoms with Crippen molar-refractivity contribution < 1.29 is 13.9 Å². The van der Waals surface area contributed by atoms with Crippen LogP contribution in [0.25, 0.3) is 0 Å². The summed E-state index contributed by atoms with van der Waals surface area (Å²) < 4.78 is 17.0. The van der Waals surface area contributed by atoms with Crippen LogP contribution in [0.15, 0.2) is 39.4 Å². The van der Waals surface area contributed by atoms with E-state index in [2.05, 4.69) is 31.9 Å². The molecule has 3 nitrogen and oxygen atoms in total. The maximum absolute atomic E-state index is 5.62. The summed E-state index contributed by atoms with van der Waals surface area (Å²) in [5.41, 5.74) is 2.23. The topological polar surface area (TPSA) is 31.6 Å². The van der Waals surface area contributed by atoms with Crippen LogP contribution in [0.5, 0.6) is 5.75 Å². The van der Waals surface area contributed by atoms with Crippen molar-refractivity contribution in [2.45, 2.75) is 11.8 Å². The molecule has 0 bridgehead atoms. The smallest absolute Gasteiger partial charge is 0.133 e. The Morgan fingerprint density at radius 2 is 2.05 bits per heavy atom. The summed E-state index contributed by atoms with van der Waals surface area (Å²) in [6, 6.07) is 7.96. The van der Waals surface area contributed by atoms with Crippen molar-refractivity contribution in [3.63, 3.8) is 0 Å². The SMILES string of the molecule is COCCOc1ccc(C(Br)c2occc2C)cc1Br. The molecule has 1 atom stereocenters. The molecule has 0 aliphatic rings. The molecule has 0 amide bonds. The van der Waals surface area contributed by atoms with E-state index in [0.717, 1.165) is 27.1 Å². The number of rotatable bonds is 6. The Hall–Kier alpha value is -0.780. The zero-order chi connectivity index (χ0) is 14.5. The molecule has 0 fully saturated rings. The van der Waals surface area contributed by atoms with Crippen molar-refractivity contribution in [1.82, 2.24) is 0 Å². The molecule has 20 heavy (non-hydrogen) atoms. The largest absolute Gasteiger partial charge is 0.490 e. The standard InChI is InChI=1S/C15H16Br2O3/c1-10-5-6-20-15(10)14(17)11-3-4-13(12(16)9-11)19-8-7-18-2/h3-6,9,14H,7-8H2,1-2H3. The number of hydrogen-bond donors (Lipinski definition) is 0. The Morgan fingerprint density at radius 3 is 2.65 bits per heavy atom. The van der Waals surface area contributed by atoms with E-state index in [9.17, 15) is 0 Å². The minimum atomic E-state index is 0.0295. The van der Waals surface area contributed by atoms with Gasteiger partial charge in [0.15, 0.2) is 0 Å². The van der Waals surface area contributed by atoms with Crippen molar-refractivity contribution in [3.05, 3.63) is 51.9 Å². The molecular formula is C15H16Br2O3. The lowest BCUT2D eigenvalue weighted by atomic mass is 10.1. The molecule has 5 heteroatoms. The Kier molecular flexibility index (Phi) is 5.69. The van der Waals surface area contributed by atoms with E-state index in [-0.39, 0.29) is 4.83 Å². The minimum Gasteiger partial charge on any atom is -0.490 e. The molecule has 0 spiro atoms. The summed E-state index contributed by atoms with van der Waals surface area (Å²) in [5.74, 6) is 1.73. The van der Waals surface area contributed by atoms with E-state index in [4.69, 9.17) is 13.9 Å². The molecule has 2 rings (SSSR count). The summed E-state index contributed by atoms with van der Waals surface area (Å²) in [6.07, 6.45) is 1.70. The van der Waals surface area contributed by atoms with Gasteiger partial charge in [-0.1, -0.05) is 22.0 Å². The maximum atomic E-state index is 5.62. The molecule has 108 valence electrons. The van der Waals surface area contributed by atoms with Gasteiger partial charge in [-0.3, -0.25) is 0 Å². The summed E-state index contributed by atoms with van der Waals surface area (Å²) >= 11 is 7.20. The fourth-order valence-corrected chi connectivity index (χ4v) is 3.09. The number of aryl methyl sites for hydroxylation is 1. The summed E-state index contributed by atoms with van der Waals surface area (Å²) in [7, 11) is 1.66. The van der Waals surface area contributed by atoms with E-state index in [0.29, 0.717) is 13.2 Å². The van der Waals surface area contributed by atoms with Crippen molar-refractivity contribution in [2.75, 3.05) is 20.3 Å². The van der Waals surface area contributed by atoms with Gasteiger partial charge < -0.3 is 13.9 Å². The highest BCUT2D eigenvalue weighted by molar-refractivity contribution is 9.10. The number of furan rings is 1. The van der Waals surface area contributed by atoms with Gasteiger partial charge in [0.1, 0.15) is 18.1 Å². The summed E-state index contributed by atoms with van der Waals surface area (Å²) in [4.78, 5) is 0.0295. The van der Waals surface area contributed by atoms with E-state index in [1.165, 1.54) is 0 Å². The first-order valence-electron chi connectivity index (χ1n) is 6.22. The second-order valence-electron chi connectivity index (χ2n) is 4.36. The normalized spacial score (nSPS) is 12.4. The maximum Gasteiger partial charge on any atom is 0.133 e. The molecule has 0 aliphatic carbocycles. The minimum absolute atomic E-state index is 0.0295. The van der Waals surface area contributed by atoms with Crippen molar-refractivity contribution >= 4 is 31.9 Å². The predicted octanol–water partition coefficient (Wildman–Crippen LogP) is 4.86. The third kappa shape index (κ3) is 3.65. The Labute approximate surface area is 135 Å². The van der Waals surface area contributed by atoms with Gasteiger partial charge in [0.05, 0.1) is 22.2 Å². The fourth-order valence-electron chi connectivity index (χ4n) is 1.82. The third-order valence-corrected chi connectivity index (χ3v) is 4.49. The van der Waals surface area contributed by atoms with Crippen molar-refractivity contribution in [3.8, 4) is 5.75 Å². The number of ether oxygens (including phenoxy) is 2. The monoisotopic (exact) mass is 402 g/mol. The molecule has 1 unspecified atom stereocenters. The Bertz CT molecular complexity index is 566. The molecule has 1 heterocycles. The predicted molar refractivity (Wildman–Crippen MR) is 85.7 cm³/mol. The first-order valence-corrected chi connectivity index (χ1v) is 7.93. The molecule has 0 N–H and O–H groups in total. The van der Waals surface area contributed by atoms with Gasteiger partial charge >= 0.3 is 0 Å². The van der Waals surface area contributed by atoms with Gasteiger partial charge in [-0.15, -0.1) is 0 Å². The molecule has 0 aliphatic heterocycles. The van der Waals surface area contributed by atoms with Gasteiger partial charge in [0.2, 0.25) is 0 Å². The van der Waals surface area contributed by atoms with Crippen LogP contribution < -0.4 is 4.74 Å². The van der Waals surface area contributed by atoms with Gasteiger partial charge in [-0.05, 0) is 52.2 Å². The molecule has 0 saturated carbocycles. The first kappa shape index (κ1) is 15.6. The van der Waals surface area contributed by atoms with Crippen LogP contribution in [0.1, 0.15) is 21.7 Å². The van der Waals surface area contributed by atoms with Crippen LogP contribution in [0.4, 0.5) is 0 Å². The quantitative estimate of drug-likeness (QED) is 0.509. The zero-order valence-electron chi connectivity index (χ0n) is 11.4. The van der Waals surface area contributed by atoms with E-state index >= 15 is 0 Å². The molecule has 2 aromatic rings. The number of methoxy groups -OCH3 is 1. The molecule has 1 aromatic carbocycles. The Balaban J connectivity index is 2.14. The average molecular weight is 404 g/mol. The van der Waals surface area contributed by atoms with Crippen LogP contribution >= 0.6 is 31.9 Å². The summed E-state index contributed by atoms with van der Waals surface area (Å²) in [6.45, 7) is 3.13. The highest BCUT2D eigenvalue weighted by Crippen LogP contribution is 2.36. The number of benzene rings is 1. The second kappa shape index (κ2) is 7.29. The van der Waals surface area contributed by atoms with Crippen LogP contribution in [0.2, 0.25) is 0 Å². The van der Waals surface area contributed by atoms with E-state index in [1.807, 2.05) is 31.2 Å². The van der Waals surface area contributed by atoms with Crippen LogP contribution in [0.3, 0.4) is 0 Å². The fraction of sp³-hybridized carbons (Fsp3) is 0.333. The number of halogens is 2. The van der Waals surface area contributed by atoms with Gasteiger partial charge in [-0.2, -0.15) is 0 Å². The summed E-state index contributed by atoms with van der Waals surface area (Å²) in [5, 5.41) is 0. The lowest BCUT2D eigenvalue weighted by Gasteiger charge is -2.12. The van der Waals surface area contributed by atoms with E-state index in [1.54, 1.807) is 13.4 Å². The lowest BCUT2D eigenvalue weighted by Crippen LogP contribution is -2.05. The highest BCUT2D eigenvalue weighted by atomic mass is 79.9. The number of hydrogen-bond acceptors (Lipinski definition) is 3. The van der Waals surface area contributed by atoms with Crippen LogP contribution in [-0.4, -0.2) is 20.3 Å². The molecule has 0 radical (unpaired) electrons. The van der Waals surface area contributed by atoms with Gasteiger partial charge in [0, 0.05) is 7.11 Å². The van der Waals surface area contributed by atoms with Crippen LogP contribution in [-0.2, 0) is 4.74 Å². The molecule has 0 saturated heterocycles. The van der Waals surface area contributed by atoms with Gasteiger partial charge in [0.25, 0.3) is 0 Å². The zero-order valence-corrected chi connectivity index (χ0v) is 14.5. The van der Waals surface area contributed by atoms with Crippen molar-refractivity contribution in [1.29, 1.82) is 0 Å². The Morgan fingerprint density at radius 1 is 1.25 bits per heavy atom. The first-order chi connectivity index (χ1) is 9.63. The second-order valence-corrected chi connectivity index (χ2v) is 6.13. The lowest BCUT2D eigenvalue weighted by molar-refractivity contribution is 0.146. The number of alkyl halides is 1. The average Bonchev–Trinajstić information content (AvgIpc) is 2.86. The molecular weight excluding hydrogens is 388 g/mol.